The van der Waals surface area contributed by atoms with Crippen molar-refractivity contribution in [2.45, 2.75) is 58.7 Å². The van der Waals surface area contributed by atoms with E-state index in [1.54, 1.807) is 0 Å². The molecule has 4 nitrogen and oxygen atoms in total. The Balaban J connectivity index is 2.29. The molecule has 122 valence electrons. The molecule has 0 aliphatic carbocycles. The van der Waals surface area contributed by atoms with E-state index in [4.69, 9.17) is 14.4 Å². The number of anilines is 1. The molecule has 1 heterocycles. The van der Waals surface area contributed by atoms with Gasteiger partial charge in [0.05, 0.1) is 12.3 Å². The number of rotatable bonds is 6. The maximum Gasteiger partial charge on any atom is 0.124 e. The van der Waals surface area contributed by atoms with Gasteiger partial charge in [0.25, 0.3) is 0 Å². The van der Waals surface area contributed by atoms with E-state index in [0.717, 1.165) is 29.8 Å². The summed E-state index contributed by atoms with van der Waals surface area (Å²) in [5, 5.41) is 1.53. The van der Waals surface area contributed by atoms with Crippen LogP contribution in [0.25, 0.3) is 0 Å². The van der Waals surface area contributed by atoms with Crippen molar-refractivity contribution >= 4 is 5.69 Å². The highest BCUT2D eigenvalue weighted by molar-refractivity contribution is 5.54. The Bertz CT molecular complexity index is 521. The third kappa shape index (κ3) is 3.28. The number of ether oxygens (including phenoxy) is 1. The molecule has 2 rings (SSSR count). The molecule has 0 unspecified atom stereocenters. The zero-order valence-electron chi connectivity index (χ0n) is 14.3. The Hall–Kier alpha value is -1.52. The highest BCUT2D eigenvalue weighted by Gasteiger charge is 2.50. The van der Waals surface area contributed by atoms with Gasteiger partial charge in [-0.25, -0.2) is 9.68 Å². The van der Waals surface area contributed by atoms with Gasteiger partial charge in [-0.1, -0.05) is 13.0 Å². The van der Waals surface area contributed by atoms with E-state index < -0.39 is 11.2 Å². The molecule has 1 fully saturated rings. The number of hydrogen-bond donors (Lipinski definition) is 0. The first-order chi connectivity index (χ1) is 10.3. The smallest absolute Gasteiger partial charge is 0.124 e. The second-order valence-electron chi connectivity index (χ2n) is 6.59. The molecular formula is C18H27NO3. The average molecular weight is 305 g/mol. The maximum absolute atomic E-state index is 5.99. The van der Waals surface area contributed by atoms with Gasteiger partial charge in [0.15, 0.2) is 0 Å². The lowest BCUT2D eigenvalue weighted by Gasteiger charge is -2.26. The predicted molar refractivity (Wildman–Crippen MR) is 88.9 cm³/mol. The van der Waals surface area contributed by atoms with Gasteiger partial charge in [-0.05, 0) is 64.3 Å². The summed E-state index contributed by atoms with van der Waals surface area (Å²) in [5.41, 5.74) is 1.14. The minimum absolute atomic E-state index is 0.407. The number of benzene rings is 1. The van der Waals surface area contributed by atoms with Crippen molar-refractivity contribution in [3.8, 4) is 5.75 Å². The molecule has 4 heteroatoms. The van der Waals surface area contributed by atoms with Crippen LogP contribution in [-0.4, -0.2) is 17.8 Å². The Morgan fingerprint density at radius 2 is 1.82 bits per heavy atom. The van der Waals surface area contributed by atoms with Crippen molar-refractivity contribution in [2.75, 3.05) is 11.8 Å². The van der Waals surface area contributed by atoms with Gasteiger partial charge in [-0.2, -0.15) is 0 Å². The first-order valence-corrected chi connectivity index (χ1v) is 7.85. The van der Waals surface area contributed by atoms with Gasteiger partial charge in [-0.3, -0.25) is 0 Å². The lowest BCUT2D eigenvalue weighted by molar-refractivity contribution is -0.0276. The molecular weight excluding hydrogens is 278 g/mol. The van der Waals surface area contributed by atoms with E-state index in [2.05, 4.69) is 13.5 Å². The lowest BCUT2D eigenvalue weighted by Crippen LogP contribution is -2.41. The minimum atomic E-state index is -0.407. The van der Waals surface area contributed by atoms with Crippen molar-refractivity contribution < 1.29 is 14.4 Å². The summed E-state index contributed by atoms with van der Waals surface area (Å²) < 4.78 is 5.71. The molecule has 0 radical (unpaired) electrons. The van der Waals surface area contributed by atoms with Crippen LogP contribution in [0.4, 0.5) is 5.69 Å². The van der Waals surface area contributed by atoms with Crippen molar-refractivity contribution in [3.63, 3.8) is 0 Å². The molecule has 22 heavy (non-hydrogen) atoms. The molecule has 0 amide bonds. The summed E-state index contributed by atoms with van der Waals surface area (Å²) in [4.78, 5) is 12.0. The fraction of sp³-hybridized carbons (Fsp3) is 0.556. The molecule has 0 atom stereocenters. The van der Waals surface area contributed by atoms with Crippen molar-refractivity contribution in [2.24, 2.45) is 0 Å². The predicted octanol–water partition coefficient (Wildman–Crippen LogP) is 4.44. The van der Waals surface area contributed by atoms with Crippen LogP contribution < -0.4 is 9.96 Å². The molecule has 0 aromatic heterocycles. The first-order valence-electron chi connectivity index (χ1n) is 7.85. The van der Waals surface area contributed by atoms with Crippen LogP contribution in [-0.2, 0) is 16.1 Å². The summed E-state index contributed by atoms with van der Waals surface area (Å²) in [6.07, 6.45) is 3.58. The van der Waals surface area contributed by atoms with Crippen molar-refractivity contribution in [1.82, 2.24) is 0 Å². The van der Waals surface area contributed by atoms with E-state index in [1.807, 2.05) is 52.0 Å². The molecule has 1 aliphatic heterocycles. The fourth-order valence-electron chi connectivity index (χ4n) is 2.12. The average Bonchev–Trinajstić information content (AvgIpc) is 2.65. The molecule has 0 bridgehead atoms. The Morgan fingerprint density at radius 1 is 1.18 bits per heavy atom. The van der Waals surface area contributed by atoms with Crippen LogP contribution >= 0.6 is 0 Å². The van der Waals surface area contributed by atoms with Crippen LogP contribution in [0.3, 0.4) is 0 Å². The van der Waals surface area contributed by atoms with Gasteiger partial charge in [0.2, 0.25) is 0 Å². The lowest BCUT2D eigenvalue weighted by atomic mass is 9.90. The molecule has 1 saturated heterocycles. The zero-order chi connectivity index (χ0) is 16.4. The third-order valence-electron chi connectivity index (χ3n) is 4.16. The second kappa shape index (κ2) is 6.31. The maximum atomic E-state index is 5.99. The highest BCUT2D eigenvalue weighted by atomic mass is 17.0. The van der Waals surface area contributed by atoms with E-state index in [0.29, 0.717) is 6.61 Å². The largest absolute Gasteiger partial charge is 0.494 e. The van der Waals surface area contributed by atoms with Gasteiger partial charge in [-0.15, -0.1) is 11.8 Å². The van der Waals surface area contributed by atoms with E-state index in [9.17, 15) is 0 Å². The number of allylic oxidation sites excluding steroid dienone is 1. The summed E-state index contributed by atoms with van der Waals surface area (Å²) in [6.45, 7) is 14.7. The number of nitrogens with zero attached hydrogens (tertiary/aromatic N) is 1. The molecule has 1 aromatic rings. The summed E-state index contributed by atoms with van der Waals surface area (Å²) in [5.74, 6) is 0.861. The van der Waals surface area contributed by atoms with Crippen LogP contribution in [0.2, 0.25) is 0 Å². The molecule has 0 saturated carbocycles. The monoisotopic (exact) mass is 305 g/mol. The normalized spacial score (nSPS) is 19.2. The zero-order valence-corrected chi connectivity index (χ0v) is 14.3. The number of hydrogen-bond acceptors (Lipinski definition) is 4. The van der Waals surface area contributed by atoms with Gasteiger partial charge in [0.1, 0.15) is 17.0 Å². The Labute approximate surface area is 133 Å². The minimum Gasteiger partial charge on any atom is -0.494 e. The van der Waals surface area contributed by atoms with E-state index in [1.165, 1.54) is 5.23 Å². The van der Waals surface area contributed by atoms with Gasteiger partial charge >= 0.3 is 0 Å². The standard InChI is InChI=1S/C18H27NO3/c1-7-9-14-13-15(20-12-8-2)10-11-16(14)19-21-17(3,4)18(5,6)22-19/h7,10-11,13H,1,8-9,12H2,2-6H3. The van der Waals surface area contributed by atoms with Gasteiger partial charge in [0, 0.05) is 0 Å². The Morgan fingerprint density at radius 3 is 2.36 bits per heavy atom. The molecule has 1 aromatic carbocycles. The Kier molecular flexibility index (Phi) is 4.83. The van der Waals surface area contributed by atoms with Crippen LogP contribution in [0.15, 0.2) is 30.9 Å². The van der Waals surface area contributed by atoms with Crippen molar-refractivity contribution in [1.29, 1.82) is 0 Å². The quantitative estimate of drug-likeness (QED) is 0.727. The fourth-order valence-corrected chi connectivity index (χ4v) is 2.12. The first kappa shape index (κ1) is 16.8. The van der Waals surface area contributed by atoms with Crippen LogP contribution in [0, 0.1) is 0 Å². The van der Waals surface area contributed by atoms with E-state index >= 15 is 0 Å². The van der Waals surface area contributed by atoms with Crippen molar-refractivity contribution in [3.05, 3.63) is 36.4 Å². The molecule has 0 N–H and O–H groups in total. The second-order valence-corrected chi connectivity index (χ2v) is 6.59. The SMILES string of the molecule is C=CCc1cc(OCCC)ccc1N1OC(C)(C)C(C)(C)O1. The third-order valence-corrected chi connectivity index (χ3v) is 4.16. The molecule has 0 spiro atoms. The van der Waals surface area contributed by atoms with Crippen LogP contribution in [0.5, 0.6) is 5.75 Å². The van der Waals surface area contributed by atoms with Gasteiger partial charge < -0.3 is 4.74 Å². The summed E-state index contributed by atoms with van der Waals surface area (Å²) >= 11 is 0. The molecule has 1 aliphatic rings. The topological polar surface area (TPSA) is 30.9 Å². The summed E-state index contributed by atoms with van der Waals surface area (Å²) in [7, 11) is 0. The van der Waals surface area contributed by atoms with Crippen LogP contribution in [0.1, 0.15) is 46.6 Å². The highest BCUT2D eigenvalue weighted by Crippen LogP contribution is 2.41. The summed E-state index contributed by atoms with van der Waals surface area (Å²) in [6, 6.07) is 5.95. The van der Waals surface area contributed by atoms with E-state index in [-0.39, 0.29) is 0 Å².